The number of pyridine rings is 1. The van der Waals surface area contributed by atoms with Crippen molar-refractivity contribution in [2.75, 3.05) is 24.9 Å². The molecule has 0 saturated carbocycles. The van der Waals surface area contributed by atoms with Crippen LogP contribution in [0, 0.1) is 11.6 Å². The first-order valence-corrected chi connectivity index (χ1v) is 12.7. The van der Waals surface area contributed by atoms with E-state index < -0.39 is 21.7 Å². The van der Waals surface area contributed by atoms with Crippen LogP contribution in [0.2, 0.25) is 5.02 Å². The molecule has 1 aromatic heterocycles. The quantitative estimate of drug-likeness (QED) is 0.404. The second-order valence-corrected chi connectivity index (χ2v) is 10.7. The molecular formula is C22H19BrClF2N3O4S. The summed E-state index contributed by atoms with van der Waals surface area (Å²) in [6.45, 7) is 1.66. The SMILES string of the molecule is CN1CC[C@@H](Oc2cc(NS(=O)(=O)c3cnc(Oc4cc(F)cc(F)c4)c(Br)c3)ccc2Cl)C1. The molecule has 34 heavy (non-hydrogen) atoms. The van der Waals surface area contributed by atoms with E-state index in [0.29, 0.717) is 16.8 Å². The summed E-state index contributed by atoms with van der Waals surface area (Å²) < 4.78 is 66.5. The third-order valence-corrected chi connectivity index (χ3v) is 7.20. The lowest BCUT2D eigenvalue weighted by Gasteiger charge is -2.16. The zero-order chi connectivity index (χ0) is 24.5. The number of anilines is 1. The molecule has 1 saturated heterocycles. The second kappa shape index (κ2) is 10.0. The molecule has 12 heteroatoms. The first-order chi connectivity index (χ1) is 16.1. The van der Waals surface area contributed by atoms with Gasteiger partial charge in [0.15, 0.2) is 0 Å². The largest absolute Gasteiger partial charge is 0.487 e. The maximum Gasteiger partial charge on any atom is 0.263 e. The lowest BCUT2D eigenvalue weighted by atomic mass is 10.3. The van der Waals surface area contributed by atoms with Crippen LogP contribution in [0.4, 0.5) is 14.5 Å². The number of rotatable bonds is 7. The van der Waals surface area contributed by atoms with E-state index in [4.69, 9.17) is 21.1 Å². The van der Waals surface area contributed by atoms with Crippen LogP contribution in [0.25, 0.3) is 0 Å². The van der Waals surface area contributed by atoms with E-state index in [1.54, 1.807) is 6.07 Å². The smallest absolute Gasteiger partial charge is 0.263 e. The molecule has 1 aliphatic rings. The molecule has 0 radical (unpaired) electrons. The fourth-order valence-corrected chi connectivity index (χ4v) is 5.13. The van der Waals surface area contributed by atoms with Crippen LogP contribution in [-0.4, -0.2) is 44.5 Å². The Balaban J connectivity index is 1.51. The van der Waals surface area contributed by atoms with Crippen LogP contribution in [0.1, 0.15) is 6.42 Å². The van der Waals surface area contributed by atoms with Gasteiger partial charge in [-0.15, -0.1) is 0 Å². The lowest BCUT2D eigenvalue weighted by molar-refractivity contribution is 0.208. The predicted octanol–water partition coefficient (Wildman–Crippen LogP) is 5.45. The molecule has 2 aromatic carbocycles. The topological polar surface area (TPSA) is 80.8 Å². The van der Waals surface area contributed by atoms with Crippen LogP contribution < -0.4 is 14.2 Å². The highest BCUT2D eigenvalue weighted by atomic mass is 79.9. The number of nitrogens with zero attached hydrogens (tertiary/aromatic N) is 2. The molecule has 0 amide bonds. The third-order valence-electron chi connectivity index (χ3n) is 4.97. The average molecular weight is 575 g/mol. The van der Waals surface area contributed by atoms with Crippen molar-refractivity contribution in [2.45, 2.75) is 17.4 Å². The number of ether oxygens (including phenoxy) is 2. The highest BCUT2D eigenvalue weighted by Crippen LogP contribution is 2.33. The normalized spacial score (nSPS) is 16.4. The predicted molar refractivity (Wildman–Crippen MR) is 127 cm³/mol. The molecule has 1 N–H and O–H groups in total. The van der Waals surface area contributed by atoms with Crippen molar-refractivity contribution in [3.05, 3.63) is 69.8 Å². The molecule has 0 spiro atoms. The maximum atomic E-state index is 13.4. The van der Waals surface area contributed by atoms with Gasteiger partial charge >= 0.3 is 0 Å². The molecule has 4 rings (SSSR count). The molecule has 1 atom stereocenters. The fourth-order valence-electron chi connectivity index (χ4n) is 3.37. The number of halogens is 4. The van der Waals surface area contributed by atoms with E-state index in [2.05, 4.69) is 30.5 Å². The van der Waals surface area contributed by atoms with Gasteiger partial charge in [0, 0.05) is 37.4 Å². The van der Waals surface area contributed by atoms with E-state index in [1.807, 2.05) is 7.05 Å². The summed E-state index contributed by atoms with van der Waals surface area (Å²) in [6.07, 6.45) is 1.88. The first-order valence-electron chi connectivity index (χ1n) is 10.1. The molecule has 3 aromatic rings. The summed E-state index contributed by atoms with van der Waals surface area (Å²) >= 11 is 9.42. The monoisotopic (exact) mass is 573 g/mol. The van der Waals surface area contributed by atoms with Gasteiger partial charge in [-0.1, -0.05) is 11.6 Å². The van der Waals surface area contributed by atoms with Crippen molar-refractivity contribution >= 4 is 43.2 Å². The Morgan fingerprint density at radius 3 is 2.56 bits per heavy atom. The molecular weight excluding hydrogens is 556 g/mol. The third kappa shape index (κ3) is 5.96. The molecule has 1 fully saturated rings. The van der Waals surface area contributed by atoms with Gasteiger partial charge in [-0.25, -0.2) is 22.2 Å². The molecule has 0 unspecified atom stereocenters. The number of aromatic nitrogens is 1. The first kappa shape index (κ1) is 24.6. The summed E-state index contributed by atoms with van der Waals surface area (Å²) in [5.74, 6) is -1.44. The highest BCUT2D eigenvalue weighted by Gasteiger charge is 2.23. The minimum absolute atomic E-state index is 0.0337. The van der Waals surface area contributed by atoms with Crippen molar-refractivity contribution in [1.82, 2.24) is 9.88 Å². The summed E-state index contributed by atoms with van der Waals surface area (Å²) in [7, 11) is -2.03. The summed E-state index contributed by atoms with van der Waals surface area (Å²) in [6, 6.07) is 8.53. The van der Waals surface area contributed by atoms with E-state index in [0.717, 1.165) is 37.8 Å². The van der Waals surface area contributed by atoms with Gasteiger partial charge in [0.05, 0.1) is 21.4 Å². The Hall–Kier alpha value is -2.47. The van der Waals surface area contributed by atoms with Crippen molar-refractivity contribution in [1.29, 1.82) is 0 Å². The van der Waals surface area contributed by atoms with Gasteiger partial charge in [-0.05, 0) is 47.6 Å². The Bertz CT molecular complexity index is 1310. The van der Waals surface area contributed by atoms with Gasteiger partial charge in [-0.3, -0.25) is 4.72 Å². The van der Waals surface area contributed by atoms with Crippen molar-refractivity contribution < 1.29 is 26.7 Å². The van der Waals surface area contributed by atoms with Crippen LogP contribution in [0.5, 0.6) is 17.4 Å². The molecule has 180 valence electrons. The van der Waals surface area contributed by atoms with Gasteiger partial charge in [0.1, 0.15) is 34.1 Å². The van der Waals surface area contributed by atoms with Crippen molar-refractivity contribution in [3.63, 3.8) is 0 Å². The maximum absolute atomic E-state index is 13.4. The van der Waals surface area contributed by atoms with Gasteiger partial charge in [0.2, 0.25) is 5.88 Å². The molecule has 0 bridgehead atoms. The highest BCUT2D eigenvalue weighted by molar-refractivity contribution is 9.10. The number of hydrogen-bond acceptors (Lipinski definition) is 6. The minimum atomic E-state index is -4.03. The molecule has 0 aliphatic carbocycles. The lowest BCUT2D eigenvalue weighted by Crippen LogP contribution is -2.21. The van der Waals surface area contributed by atoms with E-state index in [1.165, 1.54) is 18.2 Å². The fraction of sp³-hybridized carbons (Fsp3) is 0.227. The zero-order valence-corrected chi connectivity index (χ0v) is 20.9. The zero-order valence-electron chi connectivity index (χ0n) is 17.8. The van der Waals surface area contributed by atoms with Crippen LogP contribution in [0.15, 0.2) is 58.0 Å². The van der Waals surface area contributed by atoms with Crippen molar-refractivity contribution in [2.24, 2.45) is 0 Å². The van der Waals surface area contributed by atoms with Gasteiger partial charge < -0.3 is 14.4 Å². The molecule has 2 heterocycles. The summed E-state index contributed by atoms with van der Waals surface area (Å²) in [5.41, 5.74) is 0.262. The Kier molecular flexibility index (Phi) is 7.27. The van der Waals surface area contributed by atoms with E-state index >= 15 is 0 Å². The van der Waals surface area contributed by atoms with Crippen LogP contribution in [0.3, 0.4) is 0 Å². The van der Waals surface area contributed by atoms with Crippen LogP contribution in [-0.2, 0) is 10.0 Å². The van der Waals surface area contributed by atoms with Gasteiger partial charge in [-0.2, -0.15) is 0 Å². The number of sulfonamides is 1. The van der Waals surface area contributed by atoms with Crippen molar-refractivity contribution in [3.8, 4) is 17.4 Å². The number of likely N-dealkylation sites (tertiary alicyclic amines) is 1. The standard InChI is InChI=1S/C22H19BrClF2N3O4S/c1-29-5-4-16(12-29)32-21-9-15(2-3-20(21)24)28-34(30,31)18-10-19(23)22(27-11-18)33-17-7-13(25)6-14(26)8-17/h2-3,6-11,16,28H,4-5,12H2,1H3/t16-/m1/s1. The van der Waals surface area contributed by atoms with E-state index in [9.17, 15) is 17.2 Å². The number of benzene rings is 2. The summed E-state index contributed by atoms with van der Waals surface area (Å²) in [4.78, 5) is 5.94. The van der Waals surface area contributed by atoms with E-state index in [-0.39, 0.29) is 32.8 Å². The van der Waals surface area contributed by atoms with Gasteiger partial charge in [0.25, 0.3) is 10.0 Å². The average Bonchev–Trinajstić information content (AvgIpc) is 3.15. The summed E-state index contributed by atoms with van der Waals surface area (Å²) in [5, 5.41) is 0.372. The molecule has 7 nitrogen and oxygen atoms in total. The Labute approximate surface area is 208 Å². The number of nitrogens with one attached hydrogen (secondary N) is 1. The molecule has 1 aliphatic heterocycles. The Morgan fingerprint density at radius 2 is 1.91 bits per heavy atom. The minimum Gasteiger partial charge on any atom is -0.487 e. The Morgan fingerprint density at radius 1 is 1.18 bits per heavy atom. The number of hydrogen-bond donors (Lipinski definition) is 1. The van der Waals surface area contributed by atoms with Crippen LogP contribution >= 0.6 is 27.5 Å². The second-order valence-electron chi connectivity index (χ2n) is 7.71. The number of likely N-dealkylation sites (N-methyl/N-ethyl adjacent to an activating group) is 1.